The van der Waals surface area contributed by atoms with E-state index in [0.717, 1.165) is 6.54 Å². The number of hydrogen-bond donors (Lipinski definition) is 1. The maximum Gasteiger partial charge on any atom is 0.0200 e. The van der Waals surface area contributed by atoms with E-state index in [1.165, 1.54) is 25.9 Å². The third kappa shape index (κ3) is 2.27. The van der Waals surface area contributed by atoms with Crippen molar-refractivity contribution in [3.8, 4) is 0 Å². The lowest BCUT2D eigenvalue weighted by molar-refractivity contribution is 0.239. The lowest BCUT2D eigenvalue weighted by atomic mass is 10.1. The number of piperidine rings is 1. The second-order valence-electron chi connectivity index (χ2n) is 2.99. The molecule has 0 bridgehead atoms. The van der Waals surface area contributed by atoms with Gasteiger partial charge in [-0.3, -0.25) is 0 Å². The van der Waals surface area contributed by atoms with Crippen LogP contribution in [0.1, 0.15) is 19.8 Å². The van der Waals surface area contributed by atoms with Gasteiger partial charge in [-0.25, -0.2) is 0 Å². The van der Waals surface area contributed by atoms with Gasteiger partial charge in [0.25, 0.3) is 0 Å². The average molecular weight is 141 g/mol. The summed E-state index contributed by atoms with van der Waals surface area (Å²) in [6.45, 7) is 5.70. The first-order valence-corrected chi connectivity index (χ1v) is 4.14. The van der Waals surface area contributed by atoms with Crippen LogP contribution in [-0.4, -0.2) is 30.6 Å². The first kappa shape index (κ1) is 8.02. The molecule has 1 aliphatic rings. The zero-order valence-corrected chi connectivity index (χ0v) is 6.71. The molecule has 2 nitrogen and oxygen atoms in total. The van der Waals surface area contributed by atoms with Crippen molar-refractivity contribution in [1.29, 1.82) is 0 Å². The summed E-state index contributed by atoms with van der Waals surface area (Å²) in [6, 6.07) is 0.320. The molecule has 2 N–H and O–H groups in total. The summed E-state index contributed by atoms with van der Waals surface area (Å²) in [6.07, 6.45) is 4.63. The quantitative estimate of drug-likeness (QED) is 0.611. The highest BCUT2D eigenvalue weighted by Crippen LogP contribution is 2.06. The van der Waals surface area contributed by atoms with Gasteiger partial charge in [-0.1, -0.05) is 6.92 Å². The SMILES string of the molecule is CCCN1CC[CH]C(N)C1. The van der Waals surface area contributed by atoms with Gasteiger partial charge in [-0.15, -0.1) is 0 Å². The van der Waals surface area contributed by atoms with E-state index in [9.17, 15) is 0 Å². The Morgan fingerprint density at radius 3 is 3.10 bits per heavy atom. The molecule has 1 aliphatic heterocycles. The molecule has 0 aliphatic carbocycles. The Kier molecular flexibility index (Phi) is 3.16. The molecule has 1 heterocycles. The number of nitrogens with zero attached hydrogens (tertiary/aromatic N) is 1. The highest BCUT2D eigenvalue weighted by Gasteiger charge is 2.14. The van der Waals surface area contributed by atoms with Gasteiger partial charge in [-0.05, 0) is 32.4 Å². The molecule has 0 aromatic rings. The largest absolute Gasteiger partial charge is 0.326 e. The first-order chi connectivity index (χ1) is 4.83. The summed E-state index contributed by atoms with van der Waals surface area (Å²) < 4.78 is 0. The minimum absolute atomic E-state index is 0.320. The fraction of sp³-hybridized carbons (Fsp3) is 0.875. The van der Waals surface area contributed by atoms with Gasteiger partial charge in [-0.2, -0.15) is 0 Å². The highest BCUT2D eigenvalue weighted by molar-refractivity contribution is 4.88. The molecule has 0 aromatic heterocycles. The first-order valence-electron chi connectivity index (χ1n) is 4.14. The predicted octanol–water partition coefficient (Wildman–Crippen LogP) is 0.634. The normalized spacial score (nSPS) is 28.8. The molecular formula is C8H17N2. The summed E-state index contributed by atoms with van der Waals surface area (Å²) in [7, 11) is 0. The molecule has 0 amide bonds. The van der Waals surface area contributed by atoms with Crippen LogP contribution in [0.2, 0.25) is 0 Å². The van der Waals surface area contributed by atoms with Gasteiger partial charge in [0.05, 0.1) is 0 Å². The predicted molar refractivity (Wildman–Crippen MR) is 43.6 cm³/mol. The summed E-state index contributed by atoms with van der Waals surface area (Å²) in [5.41, 5.74) is 5.76. The summed E-state index contributed by atoms with van der Waals surface area (Å²) in [4.78, 5) is 2.44. The van der Waals surface area contributed by atoms with Crippen LogP contribution in [0.3, 0.4) is 0 Å². The molecule has 1 fully saturated rings. The second kappa shape index (κ2) is 3.94. The zero-order chi connectivity index (χ0) is 7.40. The summed E-state index contributed by atoms with van der Waals surface area (Å²) >= 11 is 0. The van der Waals surface area contributed by atoms with Gasteiger partial charge < -0.3 is 10.6 Å². The summed E-state index contributed by atoms with van der Waals surface area (Å²) in [5, 5.41) is 0. The third-order valence-corrected chi connectivity index (χ3v) is 1.92. The molecule has 0 aromatic carbocycles. The third-order valence-electron chi connectivity index (χ3n) is 1.92. The van der Waals surface area contributed by atoms with Crippen LogP contribution in [0.25, 0.3) is 0 Å². The van der Waals surface area contributed by atoms with E-state index in [-0.39, 0.29) is 0 Å². The van der Waals surface area contributed by atoms with Gasteiger partial charge >= 0.3 is 0 Å². The Hall–Kier alpha value is -0.0800. The Balaban J connectivity index is 2.18. The van der Waals surface area contributed by atoms with Crippen LogP contribution in [-0.2, 0) is 0 Å². The molecule has 10 heavy (non-hydrogen) atoms. The van der Waals surface area contributed by atoms with Crippen molar-refractivity contribution in [2.24, 2.45) is 5.73 Å². The lowest BCUT2D eigenvalue weighted by Crippen LogP contribution is -2.43. The molecule has 0 saturated carbocycles. The Morgan fingerprint density at radius 2 is 2.50 bits per heavy atom. The average Bonchev–Trinajstić information content (AvgIpc) is 1.88. The monoisotopic (exact) mass is 141 g/mol. The van der Waals surface area contributed by atoms with Crippen LogP contribution in [0.4, 0.5) is 0 Å². The molecule has 59 valence electrons. The van der Waals surface area contributed by atoms with Crippen molar-refractivity contribution in [3.63, 3.8) is 0 Å². The molecule has 1 saturated heterocycles. The van der Waals surface area contributed by atoms with Crippen LogP contribution >= 0.6 is 0 Å². The van der Waals surface area contributed by atoms with E-state index in [0.29, 0.717) is 6.04 Å². The zero-order valence-electron chi connectivity index (χ0n) is 6.71. The van der Waals surface area contributed by atoms with Crippen LogP contribution in [0.5, 0.6) is 0 Å². The molecule has 1 rings (SSSR count). The number of hydrogen-bond acceptors (Lipinski definition) is 2. The Labute approximate surface area is 63.4 Å². The van der Waals surface area contributed by atoms with E-state index in [1.807, 2.05) is 0 Å². The van der Waals surface area contributed by atoms with Gasteiger partial charge in [0.15, 0.2) is 0 Å². The maximum absolute atomic E-state index is 5.76. The highest BCUT2D eigenvalue weighted by atomic mass is 15.1. The smallest absolute Gasteiger partial charge is 0.0200 e. The van der Waals surface area contributed by atoms with Crippen molar-refractivity contribution >= 4 is 0 Å². The molecule has 1 atom stereocenters. The molecular weight excluding hydrogens is 124 g/mol. The standard InChI is InChI=1S/C8H17N2/c1-2-5-10-6-3-4-8(9)7-10/h4,8H,2-3,5-7,9H2,1H3. The topological polar surface area (TPSA) is 29.3 Å². The molecule has 2 heteroatoms. The van der Waals surface area contributed by atoms with Crippen molar-refractivity contribution in [2.45, 2.75) is 25.8 Å². The van der Waals surface area contributed by atoms with E-state index in [4.69, 9.17) is 5.73 Å². The van der Waals surface area contributed by atoms with Crippen molar-refractivity contribution in [2.75, 3.05) is 19.6 Å². The maximum atomic E-state index is 5.76. The van der Waals surface area contributed by atoms with E-state index in [2.05, 4.69) is 18.2 Å². The van der Waals surface area contributed by atoms with E-state index in [1.54, 1.807) is 0 Å². The van der Waals surface area contributed by atoms with E-state index >= 15 is 0 Å². The lowest BCUT2D eigenvalue weighted by Gasteiger charge is -2.29. The molecule has 1 radical (unpaired) electrons. The summed E-state index contributed by atoms with van der Waals surface area (Å²) in [5.74, 6) is 0. The van der Waals surface area contributed by atoms with Crippen molar-refractivity contribution in [1.82, 2.24) is 4.90 Å². The van der Waals surface area contributed by atoms with E-state index < -0.39 is 0 Å². The number of rotatable bonds is 2. The van der Waals surface area contributed by atoms with Gasteiger partial charge in [0.1, 0.15) is 0 Å². The fourth-order valence-electron chi connectivity index (χ4n) is 1.45. The second-order valence-corrected chi connectivity index (χ2v) is 2.99. The molecule has 0 spiro atoms. The van der Waals surface area contributed by atoms with Crippen LogP contribution < -0.4 is 5.73 Å². The van der Waals surface area contributed by atoms with Crippen molar-refractivity contribution in [3.05, 3.63) is 6.42 Å². The fourth-order valence-corrected chi connectivity index (χ4v) is 1.45. The Morgan fingerprint density at radius 1 is 1.70 bits per heavy atom. The molecule has 1 unspecified atom stereocenters. The Bertz CT molecular complexity index is 91.3. The van der Waals surface area contributed by atoms with Crippen molar-refractivity contribution < 1.29 is 0 Å². The van der Waals surface area contributed by atoms with Gasteiger partial charge in [0, 0.05) is 12.6 Å². The minimum atomic E-state index is 0.320. The van der Waals surface area contributed by atoms with Crippen LogP contribution in [0, 0.1) is 6.42 Å². The van der Waals surface area contributed by atoms with Gasteiger partial charge in [0.2, 0.25) is 0 Å². The number of nitrogens with two attached hydrogens (primary N) is 1. The van der Waals surface area contributed by atoms with Crippen LogP contribution in [0.15, 0.2) is 0 Å². The number of likely N-dealkylation sites (tertiary alicyclic amines) is 1. The minimum Gasteiger partial charge on any atom is -0.326 e.